The molecule has 0 aliphatic heterocycles. The molecule has 2 rings (SSSR count). The summed E-state index contributed by atoms with van der Waals surface area (Å²) in [6.45, 7) is 0. The van der Waals surface area contributed by atoms with Crippen LogP contribution in [0, 0.1) is 12.3 Å². The van der Waals surface area contributed by atoms with Crippen molar-refractivity contribution in [3.05, 3.63) is 41.9 Å². The van der Waals surface area contributed by atoms with Gasteiger partial charge in [0, 0.05) is 0 Å². The maximum Gasteiger partial charge on any atom is 0.402 e. The van der Waals surface area contributed by atoms with E-state index < -0.39 is 17.9 Å². The Morgan fingerprint density at radius 3 is 2.38 bits per heavy atom. The van der Waals surface area contributed by atoms with Gasteiger partial charge >= 0.3 is 6.18 Å². The molecule has 0 amide bonds. The molecular formula is C11H6F3O2. The number of halogens is 3. The number of allylic oxidation sites excluding steroid dienone is 6. The van der Waals surface area contributed by atoms with Crippen LogP contribution in [0.4, 0.5) is 13.2 Å². The fourth-order valence-corrected chi connectivity index (χ4v) is 1.59. The first-order chi connectivity index (χ1) is 7.38. The third kappa shape index (κ3) is 1.85. The highest BCUT2D eigenvalue weighted by Gasteiger charge is 2.44. The molecule has 0 saturated carbocycles. The molecule has 0 aromatic carbocycles. The molecule has 0 spiro atoms. The SMILES string of the molecule is O=C1[CH]C2=CC(C(F)(F)F)C(=O)C=C2C=C1. The van der Waals surface area contributed by atoms with Gasteiger partial charge in [-0.3, -0.25) is 9.59 Å². The fraction of sp³-hybridized carbons (Fsp3) is 0.182. The van der Waals surface area contributed by atoms with E-state index in [4.69, 9.17) is 0 Å². The molecule has 0 saturated heterocycles. The van der Waals surface area contributed by atoms with Gasteiger partial charge in [-0.15, -0.1) is 0 Å². The van der Waals surface area contributed by atoms with E-state index >= 15 is 0 Å². The van der Waals surface area contributed by atoms with E-state index in [-0.39, 0.29) is 11.4 Å². The number of carbonyl (C=O) groups excluding carboxylic acids is 2. The van der Waals surface area contributed by atoms with Gasteiger partial charge in [-0.2, -0.15) is 13.2 Å². The molecule has 0 aromatic heterocycles. The largest absolute Gasteiger partial charge is 0.402 e. The Balaban J connectivity index is 2.40. The zero-order chi connectivity index (χ0) is 11.9. The monoisotopic (exact) mass is 227 g/mol. The molecule has 1 unspecified atom stereocenters. The van der Waals surface area contributed by atoms with Crippen LogP contribution in [0.3, 0.4) is 0 Å². The van der Waals surface area contributed by atoms with Crippen molar-refractivity contribution in [1.82, 2.24) is 0 Å². The van der Waals surface area contributed by atoms with Crippen LogP contribution in [0.2, 0.25) is 0 Å². The lowest BCUT2D eigenvalue weighted by Crippen LogP contribution is -2.31. The van der Waals surface area contributed by atoms with Crippen LogP contribution in [-0.2, 0) is 9.59 Å². The second-order valence-electron chi connectivity index (χ2n) is 3.52. The summed E-state index contributed by atoms with van der Waals surface area (Å²) < 4.78 is 37.3. The molecule has 0 fully saturated rings. The van der Waals surface area contributed by atoms with Gasteiger partial charge in [0.15, 0.2) is 11.6 Å². The molecule has 0 aromatic rings. The third-order valence-corrected chi connectivity index (χ3v) is 2.36. The zero-order valence-electron chi connectivity index (χ0n) is 7.91. The number of rotatable bonds is 0. The Bertz CT molecular complexity index is 452. The van der Waals surface area contributed by atoms with Gasteiger partial charge in [0.05, 0.1) is 6.42 Å². The van der Waals surface area contributed by atoms with Crippen LogP contribution in [0.15, 0.2) is 35.5 Å². The van der Waals surface area contributed by atoms with Crippen LogP contribution < -0.4 is 0 Å². The van der Waals surface area contributed by atoms with Crippen molar-refractivity contribution in [2.24, 2.45) is 5.92 Å². The van der Waals surface area contributed by atoms with Crippen molar-refractivity contribution >= 4 is 11.6 Å². The Labute approximate surface area is 89.1 Å². The molecule has 2 aliphatic rings. The molecule has 16 heavy (non-hydrogen) atoms. The van der Waals surface area contributed by atoms with Crippen LogP contribution in [-0.4, -0.2) is 17.7 Å². The highest BCUT2D eigenvalue weighted by atomic mass is 19.4. The first-order valence-corrected chi connectivity index (χ1v) is 4.49. The van der Waals surface area contributed by atoms with Crippen molar-refractivity contribution < 1.29 is 22.8 Å². The average Bonchev–Trinajstić information content (AvgIpc) is 2.16. The summed E-state index contributed by atoms with van der Waals surface area (Å²) in [6, 6.07) is 0. The minimum atomic E-state index is -4.61. The van der Waals surface area contributed by atoms with Crippen LogP contribution >= 0.6 is 0 Å². The van der Waals surface area contributed by atoms with Gasteiger partial charge in [-0.05, 0) is 23.3 Å². The summed E-state index contributed by atoms with van der Waals surface area (Å²) in [7, 11) is 0. The minimum absolute atomic E-state index is 0.162. The number of fused-ring (bicyclic) bond motifs is 1. The van der Waals surface area contributed by atoms with E-state index in [9.17, 15) is 22.8 Å². The Morgan fingerprint density at radius 1 is 1.06 bits per heavy atom. The highest BCUT2D eigenvalue weighted by Crippen LogP contribution is 2.35. The lowest BCUT2D eigenvalue weighted by atomic mass is 9.84. The van der Waals surface area contributed by atoms with Gasteiger partial charge in [0.2, 0.25) is 0 Å². The van der Waals surface area contributed by atoms with Crippen molar-refractivity contribution in [2.45, 2.75) is 6.18 Å². The topological polar surface area (TPSA) is 34.1 Å². The third-order valence-electron chi connectivity index (χ3n) is 2.36. The number of hydrogen-bond acceptors (Lipinski definition) is 2. The predicted molar refractivity (Wildman–Crippen MR) is 49.2 cm³/mol. The minimum Gasteiger partial charge on any atom is -0.294 e. The van der Waals surface area contributed by atoms with Crippen molar-refractivity contribution in [3.8, 4) is 0 Å². The van der Waals surface area contributed by atoms with E-state index in [2.05, 4.69) is 0 Å². The normalized spacial score (nSPS) is 25.1. The lowest BCUT2D eigenvalue weighted by molar-refractivity contribution is -0.168. The van der Waals surface area contributed by atoms with Crippen LogP contribution in [0.1, 0.15) is 0 Å². The van der Waals surface area contributed by atoms with Crippen LogP contribution in [0.5, 0.6) is 0 Å². The summed E-state index contributed by atoms with van der Waals surface area (Å²) >= 11 is 0. The fourth-order valence-electron chi connectivity index (χ4n) is 1.59. The predicted octanol–water partition coefficient (Wildman–Crippen LogP) is 1.94. The molecule has 2 aliphatic carbocycles. The van der Waals surface area contributed by atoms with Gasteiger partial charge in [0.25, 0.3) is 0 Å². The van der Waals surface area contributed by atoms with Crippen molar-refractivity contribution in [1.29, 1.82) is 0 Å². The molecule has 5 heteroatoms. The molecular weight excluding hydrogens is 221 g/mol. The maximum absolute atomic E-state index is 12.4. The quantitative estimate of drug-likeness (QED) is 0.633. The number of ketones is 2. The standard InChI is InChI=1S/C11H6F3O2/c12-11(13,14)9-4-7-3-8(15)2-1-6(7)5-10(9)16/h1-5,9H. The first-order valence-electron chi connectivity index (χ1n) is 4.49. The second-order valence-corrected chi connectivity index (χ2v) is 3.52. The second kappa shape index (κ2) is 3.43. The summed E-state index contributed by atoms with van der Waals surface area (Å²) in [5, 5.41) is 0. The smallest absolute Gasteiger partial charge is 0.294 e. The van der Waals surface area contributed by atoms with Gasteiger partial charge in [-0.25, -0.2) is 0 Å². The Hall–Kier alpha value is -1.65. The number of carbonyl (C=O) groups is 2. The summed E-state index contributed by atoms with van der Waals surface area (Å²) in [5.41, 5.74) is 0.513. The van der Waals surface area contributed by atoms with Gasteiger partial charge < -0.3 is 0 Å². The average molecular weight is 227 g/mol. The maximum atomic E-state index is 12.4. The summed E-state index contributed by atoms with van der Waals surface area (Å²) in [5.74, 6) is -3.51. The molecule has 0 heterocycles. The summed E-state index contributed by atoms with van der Waals surface area (Å²) in [4.78, 5) is 22.2. The van der Waals surface area contributed by atoms with Gasteiger partial charge in [0.1, 0.15) is 5.92 Å². The van der Waals surface area contributed by atoms with Crippen molar-refractivity contribution in [2.75, 3.05) is 0 Å². The Kier molecular flexibility index (Phi) is 2.33. The number of alkyl halides is 3. The lowest BCUT2D eigenvalue weighted by Gasteiger charge is -2.22. The summed E-state index contributed by atoms with van der Waals surface area (Å²) in [6.07, 6.45) is 0.760. The highest BCUT2D eigenvalue weighted by molar-refractivity contribution is 6.06. The van der Waals surface area contributed by atoms with E-state index in [1.807, 2.05) is 0 Å². The van der Waals surface area contributed by atoms with Crippen LogP contribution in [0.25, 0.3) is 0 Å². The van der Waals surface area contributed by atoms with E-state index in [1.54, 1.807) is 0 Å². The van der Waals surface area contributed by atoms with E-state index in [0.717, 1.165) is 18.6 Å². The van der Waals surface area contributed by atoms with Gasteiger partial charge in [-0.1, -0.05) is 12.2 Å². The molecule has 1 radical (unpaired) electrons. The Morgan fingerprint density at radius 2 is 1.75 bits per heavy atom. The molecule has 1 atom stereocenters. The number of hydrogen-bond donors (Lipinski definition) is 0. The van der Waals surface area contributed by atoms with Crippen molar-refractivity contribution in [3.63, 3.8) is 0 Å². The van der Waals surface area contributed by atoms with E-state index in [1.165, 1.54) is 12.2 Å². The van der Waals surface area contributed by atoms with E-state index in [0.29, 0.717) is 5.57 Å². The molecule has 2 nitrogen and oxygen atoms in total. The molecule has 0 bridgehead atoms. The first kappa shape index (κ1) is 10.9. The zero-order valence-corrected chi connectivity index (χ0v) is 7.91. The molecule has 83 valence electrons. The molecule has 0 N–H and O–H groups in total.